The van der Waals surface area contributed by atoms with Crippen LogP contribution in [0, 0.1) is 19.7 Å². The quantitative estimate of drug-likeness (QED) is 0.704. The molecule has 0 radical (unpaired) electrons. The molecule has 2 saturated heterocycles. The number of hydrogen-bond donors (Lipinski definition) is 1. The van der Waals surface area contributed by atoms with Gasteiger partial charge in [-0.15, -0.1) is 0 Å². The number of aryl methyl sites for hydroxylation is 2. The van der Waals surface area contributed by atoms with Gasteiger partial charge in [-0.05, 0) is 93.1 Å². The molecule has 4 heterocycles. The zero-order chi connectivity index (χ0) is 24.0. The second-order valence-electron chi connectivity index (χ2n) is 9.73. The molecule has 178 valence electrons. The van der Waals surface area contributed by atoms with Crippen molar-refractivity contribution in [1.29, 1.82) is 0 Å². The molecule has 2 aromatic rings. The highest BCUT2D eigenvalue weighted by Crippen LogP contribution is 2.38. The largest absolute Gasteiger partial charge is 0.322 e. The lowest BCUT2D eigenvalue weighted by molar-refractivity contribution is -0.136. The lowest BCUT2D eigenvalue weighted by Gasteiger charge is -2.33. The van der Waals surface area contributed by atoms with Crippen LogP contribution in [0.3, 0.4) is 0 Å². The monoisotopic (exact) mass is 464 g/mol. The van der Waals surface area contributed by atoms with E-state index in [2.05, 4.69) is 27.3 Å². The molecular weight excluding hydrogens is 435 g/mol. The van der Waals surface area contributed by atoms with E-state index in [1.807, 2.05) is 13.8 Å². The summed E-state index contributed by atoms with van der Waals surface area (Å²) < 4.78 is 14.6. The van der Waals surface area contributed by atoms with Crippen LogP contribution in [-0.2, 0) is 22.7 Å². The molecule has 2 fully saturated rings. The summed E-state index contributed by atoms with van der Waals surface area (Å²) in [5, 5.41) is 2.32. The van der Waals surface area contributed by atoms with Crippen molar-refractivity contribution in [2.45, 2.75) is 64.6 Å². The van der Waals surface area contributed by atoms with E-state index in [9.17, 15) is 18.8 Å². The first kappa shape index (κ1) is 22.7. The maximum absolute atomic E-state index is 14.6. The number of carbonyl (C=O) groups is 3. The van der Waals surface area contributed by atoms with Crippen LogP contribution in [0.2, 0.25) is 0 Å². The third-order valence-corrected chi connectivity index (χ3v) is 7.23. The van der Waals surface area contributed by atoms with Gasteiger partial charge < -0.3 is 4.90 Å². The molecule has 3 aliphatic rings. The van der Waals surface area contributed by atoms with Crippen molar-refractivity contribution >= 4 is 17.7 Å². The van der Waals surface area contributed by atoms with Gasteiger partial charge in [-0.3, -0.25) is 29.6 Å². The van der Waals surface area contributed by atoms with E-state index in [1.54, 1.807) is 6.07 Å². The Labute approximate surface area is 198 Å². The lowest BCUT2D eigenvalue weighted by Crippen LogP contribution is -2.52. The highest BCUT2D eigenvalue weighted by Gasteiger charge is 2.41. The molecule has 0 bridgehead atoms. The zero-order valence-corrected chi connectivity index (χ0v) is 19.6. The molecular formula is C26H29FN4O3. The van der Waals surface area contributed by atoms with E-state index in [4.69, 9.17) is 0 Å². The van der Waals surface area contributed by atoms with Crippen molar-refractivity contribution in [1.82, 2.24) is 20.1 Å². The van der Waals surface area contributed by atoms with E-state index in [0.29, 0.717) is 12.0 Å². The number of benzene rings is 1. The number of rotatable bonds is 4. The Hall–Kier alpha value is -3.13. The van der Waals surface area contributed by atoms with Crippen molar-refractivity contribution in [2.24, 2.45) is 0 Å². The smallest absolute Gasteiger partial charge is 0.255 e. The van der Waals surface area contributed by atoms with Crippen LogP contribution in [0.5, 0.6) is 0 Å². The van der Waals surface area contributed by atoms with Crippen molar-refractivity contribution in [3.05, 3.63) is 63.7 Å². The van der Waals surface area contributed by atoms with Crippen molar-refractivity contribution in [2.75, 3.05) is 13.1 Å². The fourth-order valence-corrected chi connectivity index (χ4v) is 5.69. The number of piperidine rings is 2. The second kappa shape index (κ2) is 8.91. The maximum Gasteiger partial charge on any atom is 0.255 e. The fraction of sp³-hybridized carbons (Fsp3) is 0.462. The summed E-state index contributed by atoms with van der Waals surface area (Å²) >= 11 is 0. The van der Waals surface area contributed by atoms with Crippen molar-refractivity contribution < 1.29 is 18.8 Å². The van der Waals surface area contributed by atoms with Gasteiger partial charge in [0.2, 0.25) is 11.8 Å². The van der Waals surface area contributed by atoms with Gasteiger partial charge in [0.05, 0.1) is 0 Å². The molecule has 1 N–H and O–H groups in total. The number of imide groups is 1. The van der Waals surface area contributed by atoms with E-state index in [1.165, 1.54) is 16.5 Å². The van der Waals surface area contributed by atoms with Gasteiger partial charge in [0.25, 0.3) is 5.91 Å². The molecule has 8 heteroatoms. The Kier molecular flexibility index (Phi) is 5.93. The molecule has 7 nitrogen and oxygen atoms in total. The van der Waals surface area contributed by atoms with Crippen LogP contribution >= 0.6 is 0 Å². The predicted octanol–water partition coefficient (Wildman–Crippen LogP) is 2.98. The average Bonchev–Trinajstić information content (AvgIpc) is 3.09. The molecule has 1 unspecified atom stereocenters. The van der Waals surface area contributed by atoms with E-state index in [0.717, 1.165) is 55.0 Å². The number of halogens is 1. The molecule has 0 spiro atoms. The molecule has 0 aliphatic carbocycles. The van der Waals surface area contributed by atoms with Gasteiger partial charge in [-0.25, -0.2) is 4.39 Å². The number of nitrogens with one attached hydrogen (secondary N) is 1. The van der Waals surface area contributed by atoms with Crippen LogP contribution in [0.4, 0.5) is 4.39 Å². The van der Waals surface area contributed by atoms with E-state index >= 15 is 0 Å². The van der Waals surface area contributed by atoms with Gasteiger partial charge in [-0.2, -0.15) is 0 Å². The fourth-order valence-electron chi connectivity index (χ4n) is 5.69. The number of hydrogen-bond acceptors (Lipinski definition) is 5. The molecule has 3 amide bonds. The Morgan fingerprint density at radius 3 is 2.41 bits per heavy atom. The molecule has 3 aliphatic heterocycles. The summed E-state index contributed by atoms with van der Waals surface area (Å²) in [6, 6.07) is 6.40. The highest BCUT2D eigenvalue weighted by molar-refractivity contribution is 6.05. The lowest BCUT2D eigenvalue weighted by atomic mass is 9.85. The third kappa shape index (κ3) is 4.34. The Balaban J connectivity index is 1.31. The summed E-state index contributed by atoms with van der Waals surface area (Å²) in [5.41, 5.74) is 5.35. The van der Waals surface area contributed by atoms with Crippen LogP contribution in [0.1, 0.15) is 70.0 Å². The number of fused-ring (bicyclic) bond motifs is 1. The minimum atomic E-state index is -0.692. The first-order valence-corrected chi connectivity index (χ1v) is 11.9. The number of nitrogens with zero attached hydrogens (tertiary/aromatic N) is 3. The van der Waals surface area contributed by atoms with Crippen LogP contribution in [-0.4, -0.2) is 51.6 Å². The number of amides is 3. The maximum atomic E-state index is 14.6. The van der Waals surface area contributed by atoms with E-state index in [-0.39, 0.29) is 30.7 Å². The summed E-state index contributed by atoms with van der Waals surface area (Å²) in [4.78, 5) is 45.3. The Morgan fingerprint density at radius 1 is 1.03 bits per heavy atom. The molecule has 1 atom stereocenters. The number of carbonyl (C=O) groups excluding carboxylic acids is 3. The molecule has 1 aromatic carbocycles. The summed E-state index contributed by atoms with van der Waals surface area (Å²) in [6.07, 6.45) is 2.26. The Bertz CT molecular complexity index is 1150. The molecule has 0 saturated carbocycles. The van der Waals surface area contributed by atoms with Crippen LogP contribution < -0.4 is 5.32 Å². The third-order valence-electron chi connectivity index (χ3n) is 7.23. The van der Waals surface area contributed by atoms with Gasteiger partial charge in [-0.1, -0.05) is 0 Å². The molecule has 5 rings (SSSR count). The highest BCUT2D eigenvalue weighted by atomic mass is 19.1. The van der Waals surface area contributed by atoms with Crippen LogP contribution in [0.15, 0.2) is 24.3 Å². The number of pyridine rings is 1. The van der Waals surface area contributed by atoms with Crippen molar-refractivity contribution in [3.63, 3.8) is 0 Å². The van der Waals surface area contributed by atoms with Crippen molar-refractivity contribution in [3.8, 4) is 0 Å². The molecule has 1 aromatic heterocycles. The SMILES string of the molecule is Cc1cc(CN2CCC(c3cc(F)cc4c3CN(C3CCC(=O)NC3=O)C4=O)CC2)cc(C)n1. The first-order valence-electron chi connectivity index (χ1n) is 11.9. The van der Waals surface area contributed by atoms with Gasteiger partial charge in [0.15, 0.2) is 0 Å². The standard InChI is InChI=1S/C26H29FN4O3/c1-15-9-17(10-16(2)28-15)13-30-7-5-18(6-8-30)20-11-19(27)12-21-22(20)14-31(26(21)34)23-3-4-24(32)29-25(23)33/h9-12,18,23H,3-8,13-14H2,1-2H3,(H,29,32,33). The van der Waals surface area contributed by atoms with Crippen LogP contribution in [0.25, 0.3) is 0 Å². The van der Waals surface area contributed by atoms with Gasteiger partial charge >= 0.3 is 0 Å². The minimum Gasteiger partial charge on any atom is -0.322 e. The summed E-state index contributed by atoms with van der Waals surface area (Å²) in [6.45, 7) is 6.94. The zero-order valence-electron chi connectivity index (χ0n) is 19.6. The first-order chi connectivity index (χ1) is 16.3. The molecule has 34 heavy (non-hydrogen) atoms. The second-order valence-corrected chi connectivity index (χ2v) is 9.73. The normalized spacial score (nSPS) is 21.7. The predicted molar refractivity (Wildman–Crippen MR) is 123 cm³/mol. The summed E-state index contributed by atoms with van der Waals surface area (Å²) in [5.74, 6) is -1.35. The van der Waals surface area contributed by atoms with Gasteiger partial charge in [0, 0.05) is 36.5 Å². The number of aromatic nitrogens is 1. The average molecular weight is 465 g/mol. The van der Waals surface area contributed by atoms with Gasteiger partial charge in [0.1, 0.15) is 11.9 Å². The Morgan fingerprint density at radius 2 is 1.74 bits per heavy atom. The van der Waals surface area contributed by atoms with E-state index < -0.39 is 17.8 Å². The number of likely N-dealkylation sites (tertiary alicyclic amines) is 1. The topological polar surface area (TPSA) is 82.6 Å². The minimum absolute atomic E-state index is 0.163. The summed E-state index contributed by atoms with van der Waals surface area (Å²) in [7, 11) is 0.